The van der Waals surface area contributed by atoms with E-state index in [1.54, 1.807) is 19.1 Å². The van der Waals surface area contributed by atoms with E-state index < -0.39 is 16.0 Å². The molecular formula is C14H21NO4S. The quantitative estimate of drug-likeness (QED) is 0.837. The Labute approximate surface area is 120 Å². The Balaban J connectivity index is 2.94. The van der Waals surface area contributed by atoms with Crippen LogP contribution in [0.25, 0.3) is 0 Å². The predicted octanol–water partition coefficient (Wildman–Crippen LogP) is 2.12. The van der Waals surface area contributed by atoms with E-state index in [9.17, 15) is 13.2 Å². The van der Waals surface area contributed by atoms with Crippen LogP contribution in [-0.4, -0.2) is 36.4 Å². The summed E-state index contributed by atoms with van der Waals surface area (Å²) in [5, 5.41) is 8.62. The number of hydrogen-bond donors (Lipinski definition) is 1. The molecule has 1 aromatic rings. The Hall–Kier alpha value is -1.40. The number of aryl methyl sites for hydroxylation is 1. The lowest BCUT2D eigenvalue weighted by Gasteiger charge is -2.24. The maximum absolute atomic E-state index is 12.4. The van der Waals surface area contributed by atoms with Crippen molar-refractivity contribution in [3.8, 4) is 0 Å². The van der Waals surface area contributed by atoms with Gasteiger partial charge in [-0.05, 0) is 38.0 Å². The molecule has 1 rings (SSSR count). The first-order chi connectivity index (χ1) is 9.28. The molecule has 20 heavy (non-hydrogen) atoms. The average Bonchev–Trinajstić information content (AvgIpc) is 2.36. The SMILES string of the molecule is CCN(C(C)C)S(=O)(=O)c1ccc(CCC(=O)O)cc1. The fourth-order valence-electron chi connectivity index (χ4n) is 2.03. The zero-order chi connectivity index (χ0) is 15.3. The van der Waals surface area contributed by atoms with Crippen LogP contribution < -0.4 is 0 Å². The van der Waals surface area contributed by atoms with Crippen LogP contribution in [0.3, 0.4) is 0 Å². The Morgan fingerprint density at radius 2 is 1.80 bits per heavy atom. The van der Waals surface area contributed by atoms with E-state index in [0.717, 1.165) is 5.56 Å². The lowest BCUT2D eigenvalue weighted by molar-refractivity contribution is -0.136. The number of carbonyl (C=O) groups is 1. The molecule has 0 bridgehead atoms. The second-order valence-electron chi connectivity index (χ2n) is 4.84. The zero-order valence-corrected chi connectivity index (χ0v) is 12.9. The summed E-state index contributed by atoms with van der Waals surface area (Å²) in [6.45, 7) is 5.89. The summed E-state index contributed by atoms with van der Waals surface area (Å²) in [4.78, 5) is 10.7. The number of carboxylic acid groups (broad SMARTS) is 1. The molecule has 0 aromatic heterocycles. The van der Waals surface area contributed by atoms with Gasteiger partial charge in [-0.3, -0.25) is 4.79 Å². The van der Waals surface area contributed by atoms with E-state index in [-0.39, 0.29) is 17.4 Å². The van der Waals surface area contributed by atoms with Crippen LogP contribution in [0.5, 0.6) is 0 Å². The molecule has 0 atom stereocenters. The third-order valence-corrected chi connectivity index (χ3v) is 5.21. The Kier molecular flexibility index (Phi) is 5.71. The molecule has 0 aliphatic heterocycles. The molecule has 0 aliphatic carbocycles. The van der Waals surface area contributed by atoms with Crippen molar-refractivity contribution < 1.29 is 18.3 Å². The molecule has 5 nitrogen and oxygen atoms in total. The topological polar surface area (TPSA) is 74.7 Å². The van der Waals surface area contributed by atoms with Crippen LogP contribution in [0, 0.1) is 0 Å². The fraction of sp³-hybridized carbons (Fsp3) is 0.500. The number of rotatable bonds is 7. The van der Waals surface area contributed by atoms with Crippen LogP contribution in [0.2, 0.25) is 0 Å². The van der Waals surface area contributed by atoms with Crippen molar-refractivity contribution >= 4 is 16.0 Å². The van der Waals surface area contributed by atoms with Crippen LogP contribution in [0.15, 0.2) is 29.2 Å². The van der Waals surface area contributed by atoms with Crippen molar-refractivity contribution in [1.82, 2.24) is 4.31 Å². The highest BCUT2D eigenvalue weighted by Crippen LogP contribution is 2.19. The molecular weight excluding hydrogens is 278 g/mol. The first kappa shape index (κ1) is 16.7. The molecule has 0 radical (unpaired) electrons. The smallest absolute Gasteiger partial charge is 0.303 e. The second-order valence-corrected chi connectivity index (χ2v) is 6.73. The normalized spacial score (nSPS) is 12.1. The van der Waals surface area contributed by atoms with Crippen LogP contribution in [0.1, 0.15) is 32.8 Å². The molecule has 0 heterocycles. The predicted molar refractivity (Wildman–Crippen MR) is 77.1 cm³/mol. The molecule has 0 saturated carbocycles. The fourth-order valence-corrected chi connectivity index (χ4v) is 3.67. The van der Waals surface area contributed by atoms with Gasteiger partial charge >= 0.3 is 5.97 Å². The van der Waals surface area contributed by atoms with Crippen molar-refractivity contribution in [2.75, 3.05) is 6.54 Å². The van der Waals surface area contributed by atoms with Gasteiger partial charge in [0, 0.05) is 19.0 Å². The lowest BCUT2D eigenvalue weighted by Crippen LogP contribution is -2.36. The van der Waals surface area contributed by atoms with Crippen molar-refractivity contribution in [3.63, 3.8) is 0 Å². The van der Waals surface area contributed by atoms with Gasteiger partial charge in [-0.1, -0.05) is 19.1 Å². The molecule has 0 fully saturated rings. The minimum absolute atomic E-state index is 0.0408. The first-order valence-corrected chi connectivity index (χ1v) is 8.05. The van der Waals surface area contributed by atoms with Crippen molar-refractivity contribution in [1.29, 1.82) is 0 Å². The van der Waals surface area contributed by atoms with Gasteiger partial charge in [-0.15, -0.1) is 0 Å². The molecule has 0 amide bonds. The van der Waals surface area contributed by atoms with Crippen LogP contribution in [0.4, 0.5) is 0 Å². The first-order valence-electron chi connectivity index (χ1n) is 6.61. The minimum atomic E-state index is -3.48. The summed E-state index contributed by atoms with van der Waals surface area (Å²) in [5.74, 6) is -0.862. The number of nitrogens with zero attached hydrogens (tertiary/aromatic N) is 1. The highest BCUT2D eigenvalue weighted by molar-refractivity contribution is 7.89. The number of aliphatic carboxylic acids is 1. The van der Waals surface area contributed by atoms with E-state index in [1.807, 2.05) is 13.8 Å². The standard InChI is InChI=1S/C14H21NO4S/c1-4-15(11(2)3)20(18,19)13-8-5-12(6-9-13)7-10-14(16)17/h5-6,8-9,11H,4,7,10H2,1-3H3,(H,16,17). The van der Waals surface area contributed by atoms with Crippen LogP contribution >= 0.6 is 0 Å². The van der Waals surface area contributed by atoms with Gasteiger partial charge in [0.05, 0.1) is 4.90 Å². The average molecular weight is 299 g/mol. The van der Waals surface area contributed by atoms with Crippen molar-refractivity contribution in [3.05, 3.63) is 29.8 Å². The van der Waals surface area contributed by atoms with Crippen molar-refractivity contribution in [2.45, 2.75) is 44.6 Å². The van der Waals surface area contributed by atoms with E-state index >= 15 is 0 Å². The summed E-state index contributed by atoms with van der Waals surface area (Å²) in [7, 11) is -3.48. The lowest BCUT2D eigenvalue weighted by atomic mass is 10.1. The molecule has 1 aromatic carbocycles. The summed E-state index contributed by atoms with van der Waals surface area (Å²) < 4.78 is 26.3. The minimum Gasteiger partial charge on any atom is -0.481 e. The summed E-state index contributed by atoms with van der Waals surface area (Å²) in [6, 6.07) is 6.32. The van der Waals surface area contributed by atoms with Gasteiger partial charge in [0.15, 0.2) is 0 Å². The number of hydrogen-bond acceptors (Lipinski definition) is 3. The Morgan fingerprint density at radius 3 is 2.20 bits per heavy atom. The molecule has 1 N–H and O–H groups in total. The number of sulfonamides is 1. The molecule has 6 heteroatoms. The van der Waals surface area contributed by atoms with E-state index in [1.165, 1.54) is 16.4 Å². The van der Waals surface area contributed by atoms with E-state index in [4.69, 9.17) is 5.11 Å². The summed E-state index contributed by atoms with van der Waals surface area (Å²) >= 11 is 0. The molecule has 0 unspecified atom stereocenters. The second kappa shape index (κ2) is 6.85. The highest BCUT2D eigenvalue weighted by Gasteiger charge is 2.25. The van der Waals surface area contributed by atoms with Gasteiger partial charge in [-0.2, -0.15) is 4.31 Å². The highest BCUT2D eigenvalue weighted by atomic mass is 32.2. The third kappa shape index (κ3) is 4.05. The van der Waals surface area contributed by atoms with Gasteiger partial charge in [0.2, 0.25) is 10.0 Å². The zero-order valence-electron chi connectivity index (χ0n) is 12.0. The van der Waals surface area contributed by atoms with Crippen molar-refractivity contribution in [2.24, 2.45) is 0 Å². The maximum Gasteiger partial charge on any atom is 0.303 e. The molecule has 0 saturated heterocycles. The Bertz CT molecular complexity index is 549. The number of carboxylic acids is 1. The van der Waals surface area contributed by atoms with E-state index in [2.05, 4.69) is 0 Å². The molecule has 112 valence electrons. The van der Waals surface area contributed by atoms with Gasteiger partial charge in [-0.25, -0.2) is 8.42 Å². The monoisotopic (exact) mass is 299 g/mol. The summed E-state index contributed by atoms with van der Waals surface area (Å²) in [6.07, 6.45) is 0.441. The molecule has 0 spiro atoms. The Morgan fingerprint density at radius 1 is 1.25 bits per heavy atom. The van der Waals surface area contributed by atoms with Gasteiger partial charge < -0.3 is 5.11 Å². The third-order valence-electron chi connectivity index (χ3n) is 3.05. The largest absolute Gasteiger partial charge is 0.481 e. The van der Waals surface area contributed by atoms with Crippen LogP contribution in [-0.2, 0) is 21.2 Å². The molecule has 0 aliphatic rings. The van der Waals surface area contributed by atoms with Gasteiger partial charge in [0.25, 0.3) is 0 Å². The summed E-state index contributed by atoms with van der Waals surface area (Å²) in [5.41, 5.74) is 0.818. The maximum atomic E-state index is 12.4. The van der Waals surface area contributed by atoms with E-state index in [0.29, 0.717) is 13.0 Å². The number of benzene rings is 1. The van der Waals surface area contributed by atoms with Gasteiger partial charge in [0.1, 0.15) is 0 Å².